The van der Waals surface area contributed by atoms with Crippen LogP contribution in [0.3, 0.4) is 0 Å². The van der Waals surface area contributed by atoms with Crippen LogP contribution in [-0.4, -0.2) is 46.1 Å². The summed E-state index contributed by atoms with van der Waals surface area (Å²) in [5.41, 5.74) is 0. The van der Waals surface area contributed by atoms with Crippen molar-refractivity contribution in [2.24, 2.45) is 0 Å². The molecule has 2 N–H and O–H groups in total. The summed E-state index contributed by atoms with van der Waals surface area (Å²) in [7, 11) is 0. The van der Waals surface area contributed by atoms with Crippen molar-refractivity contribution in [1.82, 2.24) is 20.5 Å². The molecule has 0 radical (unpaired) electrons. The molecule has 0 aliphatic carbocycles. The number of rotatable bonds is 8. The molecule has 1 aromatic heterocycles. The predicted octanol–water partition coefficient (Wildman–Crippen LogP) is 0.828. The molecule has 0 spiro atoms. The van der Waals surface area contributed by atoms with Gasteiger partial charge in [-0.1, -0.05) is 18.7 Å². The topological polar surface area (TPSA) is 79.9 Å². The van der Waals surface area contributed by atoms with E-state index in [1.165, 1.54) is 18.1 Å². The number of nitrogens with one attached hydrogen (secondary N) is 2. The van der Waals surface area contributed by atoms with E-state index in [1.54, 1.807) is 6.92 Å². The molecule has 0 fully saturated rings. The van der Waals surface area contributed by atoms with Crippen molar-refractivity contribution in [3.8, 4) is 0 Å². The van der Waals surface area contributed by atoms with Gasteiger partial charge in [0.05, 0.1) is 6.61 Å². The van der Waals surface area contributed by atoms with Crippen LogP contribution in [0.4, 0.5) is 0 Å². The van der Waals surface area contributed by atoms with E-state index in [0.717, 1.165) is 13.0 Å². The second-order valence-electron chi connectivity index (χ2n) is 3.36. The van der Waals surface area contributed by atoms with Crippen LogP contribution in [-0.2, 0) is 9.53 Å². The lowest BCUT2D eigenvalue weighted by atomic mass is 10.3. The van der Waals surface area contributed by atoms with Crippen molar-refractivity contribution < 1.29 is 9.53 Å². The van der Waals surface area contributed by atoms with E-state index in [4.69, 9.17) is 4.74 Å². The number of esters is 1. The Balaban J connectivity index is 2.41. The van der Waals surface area contributed by atoms with Crippen molar-refractivity contribution in [1.29, 1.82) is 0 Å². The highest BCUT2D eigenvalue weighted by Crippen LogP contribution is 2.12. The van der Waals surface area contributed by atoms with E-state index in [9.17, 15) is 4.79 Å². The van der Waals surface area contributed by atoms with Gasteiger partial charge in [0, 0.05) is 5.75 Å². The van der Waals surface area contributed by atoms with Gasteiger partial charge in [0.25, 0.3) is 0 Å². The van der Waals surface area contributed by atoms with E-state index in [0.29, 0.717) is 17.5 Å². The van der Waals surface area contributed by atoms with E-state index in [-0.39, 0.29) is 12.0 Å². The minimum Gasteiger partial charge on any atom is -0.465 e. The first-order valence-corrected chi connectivity index (χ1v) is 6.64. The normalized spacial score (nSPS) is 12.4. The van der Waals surface area contributed by atoms with Crippen molar-refractivity contribution in [3.05, 3.63) is 6.33 Å². The Morgan fingerprint density at radius 2 is 2.47 bits per heavy atom. The van der Waals surface area contributed by atoms with Crippen LogP contribution in [0.25, 0.3) is 0 Å². The summed E-state index contributed by atoms with van der Waals surface area (Å²) in [6.45, 7) is 5.05. The molecule has 0 aliphatic heterocycles. The summed E-state index contributed by atoms with van der Waals surface area (Å²) in [6.07, 6.45) is 2.42. The molecule has 0 aliphatic rings. The first-order chi connectivity index (χ1) is 8.27. The van der Waals surface area contributed by atoms with Crippen LogP contribution < -0.4 is 5.32 Å². The Hall–Kier alpha value is -1.08. The van der Waals surface area contributed by atoms with Crippen LogP contribution in [0.15, 0.2) is 11.5 Å². The minimum atomic E-state index is -0.301. The predicted molar refractivity (Wildman–Crippen MR) is 65.8 cm³/mol. The van der Waals surface area contributed by atoms with Crippen LogP contribution in [0.1, 0.15) is 20.3 Å². The van der Waals surface area contributed by atoms with Crippen molar-refractivity contribution in [2.75, 3.05) is 18.9 Å². The highest BCUT2D eigenvalue weighted by Gasteiger charge is 2.19. The molecular weight excluding hydrogens is 240 g/mol. The zero-order valence-corrected chi connectivity index (χ0v) is 10.9. The zero-order valence-electron chi connectivity index (χ0n) is 10.1. The summed E-state index contributed by atoms with van der Waals surface area (Å²) in [6, 6.07) is -0.301. The molecule has 96 valence electrons. The van der Waals surface area contributed by atoms with Crippen molar-refractivity contribution in [2.45, 2.75) is 31.5 Å². The Labute approximate surface area is 105 Å². The minimum absolute atomic E-state index is 0.215. The highest BCUT2D eigenvalue weighted by molar-refractivity contribution is 7.99. The summed E-state index contributed by atoms with van der Waals surface area (Å²) in [5, 5.41) is 10.4. The maximum Gasteiger partial charge on any atom is 0.323 e. The van der Waals surface area contributed by atoms with Gasteiger partial charge in [-0.05, 0) is 19.9 Å². The third-order valence-corrected chi connectivity index (χ3v) is 2.96. The lowest BCUT2D eigenvalue weighted by molar-refractivity contribution is -0.144. The third kappa shape index (κ3) is 5.18. The van der Waals surface area contributed by atoms with E-state index < -0.39 is 0 Å². The fourth-order valence-corrected chi connectivity index (χ4v) is 2.02. The van der Waals surface area contributed by atoms with Gasteiger partial charge in [-0.25, -0.2) is 4.98 Å². The number of aromatic nitrogens is 3. The SMILES string of the molecule is CCCNC(CSc1ncn[nH]1)C(=O)OCC. The third-order valence-electron chi connectivity index (χ3n) is 1.99. The molecule has 1 rings (SSSR count). The molecule has 0 aromatic carbocycles. The number of carbonyl (C=O) groups is 1. The molecule has 6 nitrogen and oxygen atoms in total. The zero-order chi connectivity index (χ0) is 12.5. The van der Waals surface area contributed by atoms with E-state index in [1.807, 2.05) is 0 Å². The second-order valence-corrected chi connectivity index (χ2v) is 4.37. The Morgan fingerprint density at radius 1 is 1.65 bits per heavy atom. The van der Waals surface area contributed by atoms with Crippen molar-refractivity contribution in [3.63, 3.8) is 0 Å². The summed E-state index contributed by atoms with van der Waals surface area (Å²) in [4.78, 5) is 15.7. The number of ether oxygens (including phenoxy) is 1. The first kappa shape index (κ1) is 14.0. The van der Waals surface area contributed by atoms with Gasteiger partial charge in [-0.15, -0.1) is 0 Å². The standard InChI is InChI=1S/C10H18N4O2S/c1-3-5-11-8(9(15)16-4-2)6-17-10-12-7-13-14-10/h7-8,11H,3-6H2,1-2H3,(H,12,13,14). The smallest absolute Gasteiger partial charge is 0.323 e. The molecule has 0 saturated heterocycles. The van der Waals surface area contributed by atoms with Gasteiger partial charge in [0.2, 0.25) is 0 Å². The van der Waals surface area contributed by atoms with E-state index >= 15 is 0 Å². The number of hydrogen-bond donors (Lipinski definition) is 2. The molecule has 1 unspecified atom stereocenters. The molecule has 17 heavy (non-hydrogen) atoms. The number of H-pyrrole nitrogens is 1. The van der Waals surface area contributed by atoms with Crippen molar-refractivity contribution >= 4 is 17.7 Å². The largest absolute Gasteiger partial charge is 0.465 e. The Kier molecular flexibility index (Phi) is 6.64. The van der Waals surface area contributed by atoms with Gasteiger partial charge < -0.3 is 10.1 Å². The molecule has 1 atom stereocenters. The van der Waals surface area contributed by atoms with Crippen LogP contribution in [0, 0.1) is 0 Å². The average Bonchev–Trinajstić information content (AvgIpc) is 2.82. The first-order valence-electron chi connectivity index (χ1n) is 5.66. The van der Waals surface area contributed by atoms with Gasteiger partial charge in [0.15, 0.2) is 5.16 Å². The van der Waals surface area contributed by atoms with Crippen LogP contribution in [0.5, 0.6) is 0 Å². The fourth-order valence-electron chi connectivity index (χ4n) is 1.20. The molecule has 7 heteroatoms. The molecule has 0 amide bonds. The lowest BCUT2D eigenvalue weighted by Crippen LogP contribution is -2.40. The molecular formula is C10H18N4O2S. The lowest BCUT2D eigenvalue weighted by Gasteiger charge is -2.15. The summed E-state index contributed by atoms with van der Waals surface area (Å²) >= 11 is 1.45. The molecule has 1 heterocycles. The van der Waals surface area contributed by atoms with Crippen LogP contribution >= 0.6 is 11.8 Å². The fraction of sp³-hybridized carbons (Fsp3) is 0.700. The molecule has 0 saturated carbocycles. The van der Waals surface area contributed by atoms with Crippen LogP contribution in [0.2, 0.25) is 0 Å². The second kappa shape index (κ2) is 8.08. The number of thioether (sulfide) groups is 1. The summed E-state index contributed by atoms with van der Waals surface area (Å²) < 4.78 is 5.01. The number of aromatic amines is 1. The highest BCUT2D eigenvalue weighted by atomic mass is 32.2. The van der Waals surface area contributed by atoms with Gasteiger partial charge in [0.1, 0.15) is 12.4 Å². The quantitative estimate of drug-likeness (QED) is 0.531. The molecule has 0 bridgehead atoms. The maximum absolute atomic E-state index is 11.7. The number of carbonyl (C=O) groups excluding carboxylic acids is 1. The monoisotopic (exact) mass is 258 g/mol. The van der Waals surface area contributed by atoms with Gasteiger partial charge in [-0.2, -0.15) is 5.10 Å². The molecule has 1 aromatic rings. The van der Waals surface area contributed by atoms with E-state index in [2.05, 4.69) is 27.4 Å². The summed E-state index contributed by atoms with van der Waals surface area (Å²) in [5.74, 6) is 0.363. The number of hydrogen-bond acceptors (Lipinski definition) is 6. The Bertz CT molecular complexity index is 318. The van der Waals surface area contributed by atoms with Gasteiger partial charge in [-0.3, -0.25) is 9.89 Å². The Morgan fingerprint density at radius 3 is 3.06 bits per heavy atom. The average molecular weight is 258 g/mol. The van der Waals surface area contributed by atoms with Gasteiger partial charge >= 0.3 is 5.97 Å². The number of nitrogens with zero attached hydrogens (tertiary/aromatic N) is 2. The maximum atomic E-state index is 11.7.